The molecule has 1 amide bonds. The Morgan fingerprint density at radius 3 is 2.30 bits per heavy atom. The molecule has 0 spiro atoms. The van der Waals surface area contributed by atoms with Gasteiger partial charge in [0.1, 0.15) is 13.2 Å². The highest BCUT2D eigenvalue weighted by Gasteiger charge is 2.27. The third-order valence-electron chi connectivity index (χ3n) is 6.77. The van der Waals surface area contributed by atoms with E-state index in [1.165, 1.54) is 18.5 Å². The van der Waals surface area contributed by atoms with Crippen LogP contribution in [0, 0.1) is 5.92 Å². The molecule has 7 nitrogen and oxygen atoms in total. The maximum absolute atomic E-state index is 13.0. The molecule has 2 saturated heterocycles. The van der Waals surface area contributed by atoms with E-state index in [4.69, 9.17) is 9.47 Å². The molecule has 1 N–H and O–H groups in total. The number of carbonyl (C=O) groups excluding carboxylic acids is 2. The van der Waals surface area contributed by atoms with Gasteiger partial charge in [-0.25, -0.2) is 0 Å². The lowest BCUT2D eigenvalue weighted by Crippen LogP contribution is -2.40. The van der Waals surface area contributed by atoms with Crippen LogP contribution in [0.2, 0.25) is 0 Å². The van der Waals surface area contributed by atoms with E-state index in [0.29, 0.717) is 36.8 Å². The summed E-state index contributed by atoms with van der Waals surface area (Å²) in [7, 11) is 0. The SMILES string of the molecule is O=C(CN1CCC(C(=O)c2ccc3c(c2)OCCO3)CC1)Nc1ccc(N2CCCC2)cc1. The van der Waals surface area contributed by atoms with Crippen LogP contribution in [0.3, 0.4) is 0 Å². The predicted octanol–water partition coefficient (Wildman–Crippen LogP) is 3.59. The Kier molecular flexibility index (Phi) is 6.48. The van der Waals surface area contributed by atoms with Crippen LogP contribution in [0.1, 0.15) is 36.0 Å². The van der Waals surface area contributed by atoms with Gasteiger partial charge in [0, 0.05) is 35.9 Å². The Labute approximate surface area is 194 Å². The summed E-state index contributed by atoms with van der Waals surface area (Å²) in [6, 6.07) is 13.6. The van der Waals surface area contributed by atoms with Crippen LogP contribution >= 0.6 is 0 Å². The van der Waals surface area contributed by atoms with Crippen LogP contribution in [0.25, 0.3) is 0 Å². The van der Waals surface area contributed by atoms with E-state index in [0.717, 1.165) is 44.7 Å². The minimum absolute atomic E-state index is 0.0134. The van der Waals surface area contributed by atoms with Crippen molar-refractivity contribution in [3.63, 3.8) is 0 Å². The molecular formula is C26H31N3O4. The van der Waals surface area contributed by atoms with Crippen molar-refractivity contribution in [2.24, 2.45) is 5.92 Å². The summed E-state index contributed by atoms with van der Waals surface area (Å²) in [5, 5.41) is 3.00. The fraction of sp³-hybridized carbons (Fsp3) is 0.462. The number of piperidine rings is 1. The molecular weight excluding hydrogens is 418 g/mol. The average molecular weight is 450 g/mol. The third kappa shape index (κ3) is 5.14. The molecule has 3 heterocycles. The predicted molar refractivity (Wildman–Crippen MR) is 127 cm³/mol. The number of carbonyl (C=O) groups is 2. The summed E-state index contributed by atoms with van der Waals surface area (Å²) < 4.78 is 11.2. The van der Waals surface area contributed by atoms with E-state index in [1.54, 1.807) is 6.07 Å². The van der Waals surface area contributed by atoms with Crippen molar-refractivity contribution in [2.45, 2.75) is 25.7 Å². The standard InChI is InChI=1S/C26H31N3O4/c30-25(27-21-4-6-22(7-5-21)29-11-1-2-12-29)18-28-13-9-19(10-14-28)26(31)20-3-8-23-24(17-20)33-16-15-32-23/h3-8,17,19H,1-2,9-16,18H2,(H,27,30). The van der Waals surface area contributed by atoms with Crippen molar-refractivity contribution in [1.82, 2.24) is 4.90 Å². The van der Waals surface area contributed by atoms with Gasteiger partial charge in [-0.3, -0.25) is 14.5 Å². The summed E-state index contributed by atoms with van der Waals surface area (Å²) in [5.74, 6) is 1.46. The number of Topliss-reactive ketones (excluding diaryl/α,β-unsaturated/α-hetero) is 1. The number of nitrogens with zero attached hydrogens (tertiary/aromatic N) is 2. The van der Waals surface area contributed by atoms with Crippen molar-refractivity contribution in [2.75, 3.05) is 56.2 Å². The zero-order chi connectivity index (χ0) is 22.6. The fourth-order valence-electron chi connectivity index (χ4n) is 4.92. The van der Waals surface area contributed by atoms with E-state index in [9.17, 15) is 9.59 Å². The molecule has 2 fully saturated rings. The van der Waals surface area contributed by atoms with Crippen molar-refractivity contribution >= 4 is 23.1 Å². The molecule has 0 aliphatic carbocycles. The maximum atomic E-state index is 13.0. The molecule has 0 saturated carbocycles. The molecule has 0 aromatic heterocycles. The topological polar surface area (TPSA) is 71.1 Å². The highest BCUT2D eigenvalue weighted by atomic mass is 16.6. The van der Waals surface area contributed by atoms with Crippen molar-refractivity contribution in [3.05, 3.63) is 48.0 Å². The van der Waals surface area contributed by atoms with E-state index >= 15 is 0 Å². The minimum Gasteiger partial charge on any atom is -0.486 e. The molecule has 0 atom stereocenters. The number of benzene rings is 2. The number of likely N-dealkylation sites (tertiary alicyclic amines) is 1. The number of hydrogen-bond acceptors (Lipinski definition) is 6. The number of ketones is 1. The van der Waals surface area contributed by atoms with Gasteiger partial charge in [-0.1, -0.05) is 0 Å². The maximum Gasteiger partial charge on any atom is 0.238 e. The number of amides is 1. The van der Waals surface area contributed by atoms with Crippen molar-refractivity contribution in [1.29, 1.82) is 0 Å². The summed E-state index contributed by atoms with van der Waals surface area (Å²) >= 11 is 0. The van der Waals surface area contributed by atoms with E-state index in [-0.39, 0.29) is 17.6 Å². The first kappa shape index (κ1) is 21.8. The second-order valence-electron chi connectivity index (χ2n) is 9.06. The molecule has 174 valence electrons. The van der Waals surface area contributed by atoms with Crippen LogP contribution < -0.4 is 19.7 Å². The number of hydrogen-bond donors (Lipinski definition) is 1. The molecule has 2 aromatic carbocycles. The Hall–Kier alpha value is -3.06. The van der Waals surface area contributed by atoms with Crippen LogP contribution in [-0.2, 0) is 4.79 Å². The van der Waals surface area contributed by atoms with E-state index in [2.05, 4.69) is 27.2 Å². The second-order valence-corrected chi connectivity index (χ2v) is 9.06. The smallest absolute Gasteiger partial charge is 0.238 e. The third-order valence-corrected chi connectivity index (χ3v) is 6.77. The van der Waals surface area contributed by atoms with Crippen LogP contribution in [0.15, 0.2) is 42.5 Å². The zero-order valence-corrected chi connectivity index (χ0v) is 18.9. The van der Waals surface area contributed by atoms with Gasteiger partial charge in [-0.2, -0.15) is 0 Å². The monoisotopic (exact) mass is 449 g/mol. The number of ether oxygens (including phenoxy) is 2. The lowest BCUT2D eigenvalue weighted by atomic mass is 9.88. The van der Waals surface area contributed by atoms with Gasteiger partial charge in [0.2, 0.25) is 5.91 Å². The fourth-order valence-corrected chi connectivity index (χ4v) is 4.92. The normalized spacial score (nSPS) is 18.8. The molecule has 3 aliphatic rings. The lowest BCUT2D eigenvalue weighted by Gasteiger charge is -2.31. The molecule has 3 aliphatic heterocycles. The largest absolute Gasteiger partial charge is 0.486 e. The van der Waals surface area contributed by atoms with Gasteiger partial charge in [-0.05, 0) is 81.2 Å². The highest BCUT2D eigenvalue weighted by molar-refractivity contribution is 5.98. The number of nitrogens with one attached hydrogen (secondary N) is 1. The number of fused-ring (bicyclic) bond motifs is 1. The highest BCUT2D eigenvalue weighted by Crippen LogP contribution is 2.32. The molecule has 2 aromatic rings. The summed E-state index contributed by atoms with van der Waals surface area (Å²) in [6.07, 6.45) is 4.01. The summed E-state index contributed by atoms with van der Waals surface area (Å²) in [6.45, 7) is 5.09. The number of anilines is 2. The van der Waals surface area contributed by atoms with Gasteiger partial charge in [0.05, 0.1) is 6.54 Å². The average Bonchev–Trinajstić information content (AvgIpc) is 3.39. The molecule has 0 bridgehead atoms. The Balaban J connectivity index is 1.09. The first-order chi connectivity index (χ1) is 16.2. The Bertz CT molecular complexity index is 993. The first-order valence-electron chi connectivity index (χ1n) is 12.0. The molecule has 0 unspecified atom stereocenters. The van der Waals surface area contributed by atoms with E-state index in [1.807, 2.05) is 24.3 Å². The van der Waals surface area contributed by atoms with Crippen molar-refractivity contribution < 1.29 is 19.1 Å². The van der Waals surface area contributed by atoms with Crippen LogP contribution in [-0.4, -0.2) is 62.5 Å². The van der Waals surface area contributed by atoms with Gasteiger partial charge >= 0.3 is 0 Å². The van der Waals surface area contributed by atoms with Crippen molar-refractivity contribution in [3.8, 4) is 11.5 Å². The van der Waals surface area contributed by atoms with Gasteiger partial charge in [0.15, 0.2) is 17.3 Å². The molecule has 0 radical (unpaired) electrons. The second kappa shape index (κ2) is 9.83. The van der Waals surface area contributed by atoms with Gasteiger partial charge in [0.25, 0.3) is 0 Å². The Morgan fingerprint density at radius 2 is 1.58 bits per heavy atom. The lowest BCUT2D eigenvalue weighted by molar-refractivity contribution is -0.117. The zero-order valence-electron chi connectivity index (χ0n) is 18.9. The van der Waals surface area contributed by atoms with Gasteiger partial charge < -0.3 is 19.7 Å². The minimum atomic E-state index is -0.0231. The molecule has 7 heteroatoms. The van der Waals surface area contributed by atoms with Gasteiger partial charge in [-0.15, -0.1) is 0 Å². The van der Waals surface area contributed by atoms with E-state index < -0.39 is 0 Å². The first-order valence-corrected chi connectivity index (χ1v) is 12.0. The quantitative estimate of drug-likeness (QED) is 0.680. The summed E-state index contributed by atoms with van der Waals surface area (Å²) in [4.78, 5) is 30.0. The molecule has 5 rings (SSSR count). The molecule has 33 heavy (non-hydrogen) atoms. The van der Waals surface area contributed by atoms with Crippen LogP contribution in [0.5, 0.6) is 11.5 Å². The van der Waals surface area contributed by atoms with Crippen LogP contribution in [0.4, 0.5) is 11.4 Å². The summed E-state index contributed by atoms with van der Waals surface area (Å²) in [5.41, 5.74) is 2.72. The Morgan fingerprint density at radius 1 is 0.879 bits per heavy atom. The number of rotatable bonds is 6.